The van der Waals surface area contributed by atoms with Crippen LogP contribution in [0.1, 0.15) is 26.3 Å². The number of rotatable bonds is 6. The predicted octanol–water partition coefficient (Wildman–Crippen LogP) is 3.17. The van der Waals surface area contributed by atoms with Gasteiger partial charge in [-0.1, -0.05) is 19.9 Å². The van der Waals surface area contributed by atoms with E-state index in [1.807, 2.05) is 0 Å². The third-order valence-corrected chi connectivity index (χ3v) is 3.53. The van der Waals surface area contributed by atoms with Crippen molar-refractivity contribution < 1.29 is 18.6 Å². The summed E-state index contributed by atoms with van der Waals surface area (Å²) in [6.45, 7) is 5.20. The van der Waals surface area contributed by atoms with Crippen LogP contribution in [0.15, 0.2) is 18.2 Å². The van der Waals surface area contributed by atoms with Gasteiger partial charge in [-0.3, -0.25) is 0 Å². The van der Waals surface area contributed by atoms with Crippen molar-refractivity contribution in [3.05, 3.63) is 23.8 Å². The van der Waals surface area contributed by atoms with Gasteiger partial charge < -0.3 is 15.2 Å². The molecule has 1 atom stereocenters. The molecule has 0 fully saturated rings. The molecule has 0 aliphatic carbocycles. The molecule has 0 radical (unpaired) electrons. The van der Waals surface area contributed by atoms with Crippen molar-refractivity contribution in [2.45, 2.75) is 39.8 Å². The van der Waals surface area contributed by atoms with E-state index in [9.17, 15) is 13.9 Å². The van der Waals surface area contributed by atoms with Crippen LogP contribution in [0.3, 0.4) is 0 Å². The number of benzene rings is 1. The number of phenols is 1. The molecule has 5 heteroatoms. The number of alkyl halides is 2. The molecule has 0 bridgehead atoms. The molecule has 108 valence electrons. The Morgan fingerprint density at radius 1 is 1.37 bits per heavy atom. The van der Waals surface area contributed by atoms with Gasteiger partial charge in [0.05, 0.1) is 7.11 Å². The summed E-state index contributed by atoms with van der Waals surface area (Å²) >= 11 is 0. The van der Waals surface area contributed by atoms with Crippen molar-refractivity contribution in [2.24, 2.45) is 5.41 Å². The van der Waals surface area contributed by atoms with Crippen molar-refractivity contribution in [2.75, 3.05) is 7.11 Å². The van der Waals surface area contributed by atoms with E-state index in [1.165, 1.54) is 21.0 Å². The number of ether oxygens (including phenoxy) is 1. The molecule has 0 amide bonds. The first-order chi connectivity index (χ1) is 8.78. The van der Waals surface area contributed by atoms with E-state index < -0.39 is 11.8 Å². The van der Waals surface area contributed by atoms with Crippen LogP contribution in [-0.2, 0) is 6.54 Å². The second-order valence-corrected chi connectivity index (χ2v) is 5.23. The molecule has 0 aliphatic rings. The fraction of sp³-hybridized carbons (Fsp3) is 0.571. The Kier molecular flexibility index (Phi) is 5.11. The second kappa shape index (κ2) is 6.19. The van der Waals surface area contributed by atoms with E-state index in [0.29, 0.717) is 12.3 Å². The maximum Gasteiger partial charge on any atom is 0.245 e. The van der Waals surface area contributed by atoms with Gasteiger partial charge in [0.15, 0.2) is 11.5 Å². The van der Waals surface area contributed by atoms with Gasteiger partial charge in [0.1, 0.15) is 0 Å². The number of hydrogen-bond donors (Lipinski definition) is 2. The minimum Gasteiger partial charge on any atom is -0.504 e. The average molecular weight is 273 g/mol. The van der Waals surface area contributed by atoms with Gasteiger partial charge in [-0.15, -0.1) is 0 Å². The fourth-order valence-corrected chi connectivity index (χ4v) is 1.57. The zero-order valence-corrected chi connectivity index (χ0v) is 11.7. The van der Waals surface area contributed by atoms with Gasteiger partial charge >= 0.3 is 0 Å². The Balaban J connectivity index is 2.65. The van der Waals surface area contributed by atoms with E-state index in [4.69, 9.17) is 4.74 Å². The lowest BCUT2D eigenvalue weighted by Crippen LogP contribution is -2.43. The highest BCUT2D eigenvalue weighted by Crippen LogP contribution is 2.30. The average Bonchev–Trinajstić information content (AvgIpc) is 2.35. The summed E-state index contributed by atoms with van der Waals surface area (Å²) in [5, 5.41) is 12.7. The molecule has 0 spiro atoms. The number of methoxy groups -OCH3 is 1. The molecule has 1 unspecified atom stereocenters. The topological polar surface area (TPSA) is 41.5 Å². The lowest BCUT2D eigenvalue weighted by molar-refractivity contribution is -0.00260. The van der Waals surface area contributed by atoms with Crippen LogP contribution in [0.5, 0.6) is 11.5 Å². The molecule has 0 heterocycles. The van der Waals surface area contributed by atoms with Crippen molar-refractivity contribution in [1.82, 2.24) is 5.32 Å². The van der Waals surface area contributed by atoms with Crippen LogP contribution in [0, 0.1) is 5.41 Å². The zero-order valence-electron chi connectivity index (χ0n) is 11.7. The highest BCUT2D eigenvalue weighted by Gasteiger charge is 2.35. The molecule has 0 saturated carbocycles. The van der Waals surface area contributed by atoms with Gasteiger partial charge in [-0.2, -0.15) is 0 Å². The second-order valence-electron chi connectivity index (χ2n) is 5.23. The van der Waals surface area contributed by atoms with Gasteiger partial charge in [-0.05, 0) is 24.6 Å². The maximum absolute atomic E-state index is 12.9. The smallest absolute Gasteiger partial charge is 0.245 e. The molecule has 0 saturated heterocycles. The number of phenolic OH excluding ortho intramolecular Hbond substituents is 1. The van der Waals surface area contributed by atoms with Crippen molar-refractivity contribution >= 4 is 0 Å². The lowest BCUT2D eigenvalue weighted by Gasteiger charge is -2.31. The Morgan fingerprint density at radius 3 is 2.47 bits per heavy atom. The molecule has 2 N–H and O–H groups in total. The number of nitrogens with one attached hydrogen (secondary N) is 1. The molecule has 1 rings (SSSR count). The molecule has 3 nitrogen and oxygen atoms in total. The quantitative estimate of drug-likeness (QED) is 0.836. The lowest BCUT2D eigenvalue weighted by atomic mass is 9.86. The summed E-state index contributed by atoms with van der Waals surface area (Å²) < 4.78 is 30.7. The third-order valence-electron chi connectivity index (χ3n) is 3.53. The normalized spacial score (nSPS) is 13.6. The SMILES string of the molecule is COc1ccc(CNC(C)C(C)(C)C(F)F)cc1O. The van der Waals surface area contributed by atoms with Crippen molar-refractivity contribution in [1.29, 1.82) is 0 Å². The number of aromatic hydroxyl groups is 1. The van der Waals surface area contributed by atoms with Crippen LogP contribution in [0.25, 0.3) is 0 Å². The van der Waals surface area contributed by atoms with E-state index in [0.717, 1.165) is 5.56 Å². The van der Waals surface area contributed by atoms with E-state index in [2.05, 4.69) is 5.32 Å². The molecule has 19 heavy (non-hydrogen) atoms. The largest absolute Gasteiger partial charge is 0.504 e. The number of hydrogen-bond acceptors (Lipinski definition) is 3. The molecule has 1 aromatic carbocycles. The fourth-order valence-electron chi connectivity index (χ4n) is 1.57. The third kappa shape index (κ3) is 3.80. The van der Waals surface area contributed by atoms with Crippen LogP contribution in [0.2, 0.25) is 0 Å². The summed E-state index contributed by atoms with van der Waals surface area (Å²) in [5.41, 5.74) is -0.288. The van der Waals surface area contributed by atoms with Crippen molar-refractivity contribution in [3.8, 4) is 11.5 Å². The van der Waals surface area contributed by atoms with E-state index in [-0.39, 0.29) is 11.8 Å². The van der Waals surface area contributed by atoms with Gasteiger partial charge in [0, 0.05) is 18.0 Å². The van der Waals surface area contributed by atoms with Gasteiger partial charge in [0.2, 0.25) is 6.43 Å². The minimum absolute atomic E-state index is 0.0440. The summed E-state index contributed by atoms with van der Waals surface area (Å²) in [7, 11) is 1.47. The highest BCUT2D eigenvalue weighted by atomic mass is 19.3. The van der Waals surface area contributed by atoms with Crippen LogP contribution in [0.4, 0.5) is 8.78 Å². The first kappa shape index (κ1) is 15.7. The van der Waals surface area contributed by atoms with Gasteiger partial charge in [0.25, 0.3) is 0 Å². The summed E-state index contributed by atoms with van der Waals surface area (Å²) in [6, 6.07) is 4.65. The molecule has 0 aromatic heterocycles. The van der Waals surface area contributed by atoms with Crippen LogP contribution < -0.4 is 10.1 Å². The summed E-state index contributed by atoms with van der Waals surface area (Å²) in [5.74, 6) is 0.437. The Morgan fingerprint density at radius 2 is 2.00 bits per heavy atom. The first-order valence-corrected chi connectivity index (χ1v) is 6.16. The highest BCUT2D eigenvalue weighted by molar-refractivity contribution is 5.41. The van der Waals surface area contributed by atoms with Crippen molar-refractivity contribution in [3.63, 3.8) is 0 Å². The number of halogens is 2. The van der Waals surface area contributed by atoms with Crippen LogP contribution in [-0.4, -0.2) is 24.7 Å². The molecular formula is C14H21F2NO2. The van der Waals surface area contributed by atoms with E-state index >= 15 is 0 Å². The standard InChI is InChI=1S/C14H21F2NO2/c1-9(14(2,3)13(15)16)17-8-10-5-6-12(19-4)11(18)7-10/h5-7,9,13,17-18H,8H2,1-4H3. The summed E-state index contributed by atoms with van der Waals surface area (Å²) in [4.78, 5) is 0. The van der Waals surface area contributed by atoms with Crippen LogP contribution >= 0.6 is 0 Å². The first-order valence-electron chi connectivity index (χ1n) is 6.16. The molecule has 0 aliphatic heterocycles. The Hall–Kier alpha value is -1.36. The molecular weight excluding hydrogens is 252 g/mol. The van der Waals surface area contributed by atoms with Gasteiger partial charge in [-0.25, -0.2) is 8.78 Å². The Bertz CT molecular complexity index is 422. The van der Waals surface area contributed by atoms with E-state index in [1.54, 1.807) is 25.1 Å². The minimum atomic E-state index is -2.39. The predicted molar refractivity (Wildman–Crippen MR) is 70.7 cm³/mol. The maximum atomic E-state index is 12.9. The Labute approximate surface area is 112 Å². The summed E-state index contributed by atoms with van der Waals surface area (Å²) in [6.07, 6.45) is -2.39. The monoisotopic (exact) mass is 273 g/mol. The molecule has 1 aromatic rings. The zero-order chi connectivity index (χ0) is 14.6.